The van der Waals surface area contributed by atoms with Gasteiger partial charge >= 0.3 is 11.9 Å². The molecule has 0 saturated carbocycles. The van der Waals surface area contributed by atoms with E-state index in [0.717, 1.165) is 36.7 Å². The molecule has 0 aliphatic rings. The lowest BCUT2D eigenvalue weighted by molar-refractivity contribution is -0.383. The van der Waals surface area contributed by atoms with Crippen molar-refractivity contribution in [3.05, 3.63) is 75.3 Å². The van der Waals surface area contributed by atoms with Crippen molar-refractivity contribution < 1.29 is 22.5 Å². The van der Waals surface area contributed by atoms with E-state index in [9.17, 15) is 27.7 Å². The molecule has 1 aromatic heterocycles. The normalized spacial score (nSPS) is 11.2. The Kier molecular flexibility index (Phi) is 5.50. The lowest BCUT2D eigenvalue weighted by Crippen LogP contribution is -2.06. The summed E-state index contributed by atoms with van der Waals surface area (Å²) in [6, 6.07) is 7.47. The SMILES string of the molecule is O=[N+]([O-])c1c(Nc2ccc(C(F)(F)F)cc2)ncnc1Nc1ccc(F)c(Cl)c1. The molecule has 1 heterocycles. The van der Waals surface area contributed by atoms with Gasteiger partial charge < -0.3 is 10.6 Å². The van der Waals surface area contributed by atoms with E-state index in [1.807, 2.05) is 0 Å². The fraction of sp³-hybridized carbons (Fsp3) is 0.0588. The first-order valence-electron chi connectivity index (χ1n) is 7.81. The quantitative estimate of drug-likeness (QED) is 0.309. The van der Waals surface area contributed by atoms with Crippen molar-refractivity contribution in [3.63, 3.8) is 0 Å². The van der Waals surface area contributed by atoms with Crippen LogP contribution in [0, 0.1) is 15.9 Å². The van der Waals surface area contributed by atoms with Gasteiger partial charge in [0.25, 0.3) is 0 Å². The second kappa shape index (κ2) is 7.87. The number of benzene rings is 2. The second-order valence-corrected chi connectivity index (χ2v) is 6.04. The summed E-state index contributed by atoms with van der Waals surface area (Å²) in [4.78, 5) is 18.4. The average molecular weight is 428 g/mol. The van der Waals surface area contributed by atoms with Gasteiger partial charge in [0.05, 0.1) is 15.5 Å². The summed E-state index contributed by atoms with van der Waals surface area (Å²) >= 11 is 5.69. The predicted molar refractivity (Wildman–Crippen MR) is 98.1 cm³/mol. The van der Waals surface area contributed by atoms with E-state index in [1.165, 1.54) is 12.1 Å². The molecule has 0 spiro atoms. The molecular formula is C17H10ClF4N5O2. The number of anilines is 4. The molecule has 0 aliphatic carbocycles. The molecule has 12 heteroatoms. The van der Waals surface area contributed by atoms with E-state index >= 15 is 0 Å². The number of nitrogens with one attached hydrogen (secondary N) is 2. The highest BCUT2D eigenvalue weighted by Gasteiger charge is 2.30. The van der Waals surface area contributed by atoms with E-state index in [1.54, 1.807) is 0 Å². The van der Waals surface area contributed by atoms with Crippen molar-refractivity contribution >= 4 is 40.3 Å². The summed E-state index contributed by atoms with van der Waals surface area (Å²) in [6.45, 7) is 0. The van der Waals surface area contributed by atoms with E-state index in [-0.39, 0.29) is 28.0 Å². The van der Waals surface area contributed by atoms with Crippen LogP contribution in [0.1, 0.15) is 5.56 Å². The van der Waals surface area contributed by atoms with Crippen LogP contribution in [0.15, 0.2) is 48.8 Å². The van der Waals surface area contributed by atoms with Crippen LogP contribution in [0.3, 0.4) is 0 Å². The fourth-order valence-corrected chi connectivity index (χ4v) is 2.51. The van der Waals surface area contributed by atoms with Crippen LogP contribution in [0.25, 0.3) is 0 Å². The minimum Gasteiger partial charge on any atom is -0.334 e. The van der Waals surface area contributed by atoms with Crippen molar-refractivity contribution in [1.82, 2.24) is 9.97 Å². The number of nitrogens with zero attached hydrogens (tertiary/aromatic N) is 3. The van der Waals surface area contributed by atoms with Gasteiger partial charge in [0.1, 0.15) is 12.1 Å². The Hall–Kier alpha value is -3.47. The largest absolute Gasteiger partial charge is 0.416 e. The van der Waals surface area contributed by atoms with Crippen LogP contribution in [0.5, 0.6) is 0 Å². The summed E-state index contributed by atoms with van der Waals surface area (Å²) in [7, 11) is 0. The van der Waals surface area contributed by atoms with Crippen molar-refractivity contribution in [2.24, 2.45) is 0 Å². The summed E-state index contributed by atoms with van der Waals surface area (Å²) in [5.74, 6) is -1.14. The molecule has 150 valence electrons. The smallest absolute Gasteiger partial charge is 0.334 e. The van der Waals surface area contributed by atoms with Crippen LogP contribution in [-0.4, -0.2) is 14.9 Å². The van der Waals surface area contributed by atoms with Gasteiger partial charge in [-0.15, -0.1) is 0 Å². The number of nitro groups is 1. The Bertz CT molecular complexity index is 1060. The Morgan fingerprint density at radius 3 is 2.03 bits per heavy atom. The Morgan fingerprint density at radius 1 is 0.966 bits per heavy atom. The number of hydrogen-bond acceptors (Lipinski definition) is 6. The molecule has 3 rings (SSSR count). The van der Waals surface area contributed by atoms with Crippen LogP contribution >= 0.6 is 11.6 Å². The molecule has 0 saturated heterocycles. The third kappa shape index (κ3) is 4.69. The molecule has 0 radical (unpaired) electrons. The lowest BCUT2D eigenvalue weighted by atomic mass is 10.2. The number of rotatable bonds is 5. The Labute approximate surface area is 165 Å². The molecule has 0 amide bonds. The zero-order valence-corrected chi connectivity index (χ0v) is 14.9. The van der Waals surface area contributed by atoms with Gasteiger partial charge in [-0.05, 0) is 42.5 Å². The first kappa shape index (κ1) is 20.3. The Balaban J connectivity index is 1.92. The zero-order valence-electron chi connectivity index (χ0n) is 14.2. The molecule has 0 unspecified atom stereocenters. The van der Waals surface area contributed by atoms with Crippen LogP contribution in [-0.2, 0) is 6.18 Å². The van der Waals surface area contributed by atoms with Gasteiger partial charge in [-0.25, -0.2) is 14.4 Å². The third-order valence-corrected chi connectivity index (χ3v) is 3.95. The number of hydrogen-bond donors (Lipinski definition) is 2. The minimum atomic E-state index is -4.51. The highest BCUT2D eigenvalue weighted by molar-refractivity contribution is 6.31. The van der Waals surface area contributed by atoms with Gasteiger partial charge in [0.2, 0.25) is 11.6 Å². The Morgan fingerprint density at radius 2 is 1.52 bits per heavy atom. The monoisotopic (exact) mass is 427 g/mol. The average Bonchev–Trinajstić information content (AvgIpc) is 2.64. The van der Waals surface area contributed by atoms with Gasteiger partial charge in [0, 0.05) is 11.4 Å². The highest BCUT2D eigenvalue weighted by Crippen LogP contribution is 2.35. The molecule has 0 aliphatic heterocycles. The molecule has 29 heavy (non-hydrogen) atoms. The van der Waals surface area contributed by atoms with Gasteiger partial charge in [-0.1, -0.05) is 11.6 Å². The van der Waals surface area contributed by atoms with Crippen molar-refractivity contribution in [2.45, 2.75) is 6.18 Å². The predicted octanol–water partition coefficient (Wildman–Crippen LogP) is 5.68. The zero-order chi connectivity index (χ0) is 21.2. The summed E-state index contributed by atoms with van der Waals surface area (Å²) in [5.41, 5.74) is -1.04. The first-order valence-corrected chi connectivity index (χ1v) is 8.18. The number of alkyl halides is 3. The molecule has 2 aromatic carbocycles. The highest BCUT2D eigenvalue weighted by atomic mass is 35.5. The molecule has 7 nitrogen and oxygen atoms in total. The number of halogens is 5. The maximum Gasteiger partial charge on any atom is 0.416 e. The molecule has 0 atom stereocenters. The van der Waals surface area contributed by atoms with Crippen LogP contribution < -0.4 is 10.6 Å². The minimum absolute atomic E-state index is 0.149. The summed E-state index contributed by atoms with van der Waals surface area (Å²) < 4.78 is 51.3. The fourth-order valence-electron chi connectivity index (χ4n) is 2.32. The standard InChI is InChI=1S/C17H10ClF4N5O2/c18-12-7-11(5-6-13(12)19)26-16-14(27(28)29)15(23-8-24-16)25-10-3-1-9(2-4-10)17(20,21)22/h1-8H,(H2,23,24,25,26). The van der Waals surface area contributed by atoms with Gasteiger partial charge in [-0.3, -0.25) is 10.1 Å². The van der Waals surface area contributed by atoms with E-state index in [4.69, 9.17) is 11.6 Å². The maximum atomic E-state index is 13.3. The topological polar surface area (TPSA) is 93.0 Å². The van der Waals surface area contributed by atoms with Gasteiger partial charge in [-0.2, -0.15) is 13.2 Å². The molecule has 0 bridgehead atoms. The van der Waals surface area contributed by atoms with E-state index in [0.29, 0.717) is 0 Å². The second-order valence-electron chi connectivity index (χ2n) is 5.63. The van der Waals surface area contributed by atoms with Crippen LogP contribution in [0.2, 0.25) is 5.02 Å². The van der Waals surface area contributed by atoms with Crippen molar-refractivity contribution in [2.75, 3.05) is 10.6 Å². The van der Waals surface area contributed by atoms with Crippen LogP contribution in [0.4, 0.5) is 46.3 Å². The first-order chi connectivity index (χ1) is 13.6. The van der Waals surface area contributed by atoms with Gasteiger partial charge in [0.15, 0.2) is 0 Å². The summed E-state index contributed by atoms with van der Waals surface area (Å²) in [6.07, 6.45) is -3.49. The van der Waals surface area contributed by atoms with Crippen molar-refractivity contribution in [3.8, 4) is 0 Å². The maximum absolute atomic E-state index is 13.3. The van der Waals surface area contributed by atoms with E-state index < -0.39 is 28.2 Å². The number of aromatic nitrogens is 2. The third-order valence-electron chi connectivity index (χ3n) is 3.66. The molecular weight excluding hydrogens is 418 g/mol. The van der Waals surface area contributed by atoms with E-state index in [2.05, 4.69) is 20.6 Å². The molecule has 3 aromatic rings. The molecule has 0 fully saturated rings. The molecule has 2 N–H and O–H groups in total. The lowest BCUT2D eigenvalue weighted by Gasteiger charge is -2.11. The van der Waals surface area contributed by atoms with Crippen molar-refractivity contribution in [1.29, 1.82) is 0 Å². The summed E-state index contributed by atoms with van der Waals surface area (Å²) in [5, 5.41) is 16.6.